The first-order valence-electron chi connectivity index (χ1n) is 6.26. The summed E-state index contributed by atoms with van der Waals surface area (Å²) in [5, 5.41) is 0. The van der Waals surface area contributed by atoms with Crippen molar-refractivity contribution in [3.8, 4) is 0 Å². The zero-order valence-electron chi connectivity index (χ0n) is 9.97. The zero-order chi connectivity index (χ0) is 13.7. The molecule has 0 nitrogen and oxygen atoms in total. The Morgan fingerprint density at radius 2 is 0.444 bits per heavy atom. The molecule has 1 rings (SSSR count). The van der Waals surface area contributed by atoms with Gasteiger partial charge in [-0.15, -0.1) is 0 Å². The Morgan fingerprint density at radius 1 is 0.333 bits per heavy atom. The summed E-state index contributed by atoms with van der Waals surface area (Å²) in [6, 6.07) is 0. The van der Waals surface area contributed by atoms with Crippen LogP contribution in [0.4, 0.5) is 0 Å². The van der Waals surface area contributed by atoms with Gasteiger partial charge in [-0.3, -0.25) is 0 Å². The van der Waals surface area contributed by atoms with E-state index in [0.717, 1.165) is 0 Å². The highest BCUT2D eigenvalue weighted by molar-refractivity contribution is 9.13. The largest absolute Gasteiger partial charge is 0.0879 e. The van der Waals surface area contributed by atoms with E-state index < -0.39 is 0 Å². The summed E-state index contributed by atoms with van der Waals surface area (Å²) in [6.07, 6.45) is 7.24. The number of hydrogen-bond donors (Lipinski definition) is 0. The standard InChI is InChI=1S/C12H18Br6/c13-7-1-2-8(14)10(16)5-6-12(18)11(17)4-3-9(7)15/h7-12H,1-6H2/t7-,8-,9-,10+,11+,12-/m0/s1. The van der Waals surface area contributed by atoms with Gasteiger partial charge >= 0.3 is 0 Å². The third-order valence-electron chi connectivity index (χ3n) is 3.33. The van der Waals surface area contributed by atoms with Crippen molar-refractivity contribution in [1.82, 2.24) is 0 Å². The Labute approximate surface area is 161 Å². The summed E-state index contributed by atoms with van der Waals surface area (Å²) < 4.78 is 0. The molecule has 0 unspecified atom stereocenters. The molecule has 0 heterocycles. The normalized spacial score (nSPS) is 45.0. The van der Waals surface area contributed by atoms with Crippen molar-refractivity contribution in [3.63, 3.8) is 0 Å². The predicted octanol–water partition coefficient (Wildman–Crippen LogP) is 6.92. The van der Waals surface area contributed by atoms with Gasteiger partial charge in [0.15, 0.2) is 0 Å². The third-order valence-corrected chi connectivity index (χ3v) is 12.0. The van der Waals surface area contributed by atoms with E-state index in [2.05, 4.69) is 95.6 Å². The molecule has 0 aromatic carbocycles. The lowest BCUT2D eigenvalue weighted by Crippen LogP contribution is -2.25. The Balaban J connectivity index is 2.61. The zero-order valence-corrected chi connectivity index (χ0v) is 19.5. The van der Waals surface area contributed by atoms with Gasteiger partial charge < -0.3 is 0 Å². The first kappa shape index (κ1) is 18.9. The van der Waals surface area contributed by atoms with E-state index in [9.17, 15) is 0 Å². The Kier molecular flexibility index (Phi) is 10.3. The van der Waals surface area contributed by atoms with E-state index in [4.69, 9.17) is 0 Å². The fourth-order valence-corrected chi connectivity index (χ4v) is 5.21. The maximum Gasteiger partial charge on any atom is 0.0271 e. The molecule has 0 amide bonds. The number of rotatable bonds is 0. The van der Waals surface area contributed by atoms with Crippen molar-refractivity contribution in [1.29, 1.82) is 0 Å². The topological polar surface area (TPSA) is 0 Å². The van der Waals surface area contributed by atoms with E-state index in [0.29, 0.717) is 29.0 Å². The van der Waals surface area contributed by atoms with Crippen molar-refractivity contribution in [2.24, 2.45) is 0 Å². The van der Waals surface area contributed by atoms with Crippen LogP contribution >= 0.6 is 95.6 Å². The number of halogens is 6. The van der Waals surface area contributed by atoms with Gasteiger partial charge in [-0.05, 0) is 38.5 Å². The molecule has 0 spiro atoms. The molecule has 1 saturated carbocycles. The second kappa shape index (κ2) is 9.81. The van der Waals surface area contributed by atoms with Crippen LogP contribution < -0.4 is 0 Å². The molecule has 1 fully saturated rings. The van der Waals surface area contributed by atoms with Crippen LogP contribution in [0.15, 0.2) is 0 Å². The predicted molar refractivity (Wildman–Crippen MR) is 104 cm³/mol. The summed E-state index contributed by atoms with van der Waals surface area (Å²) in [7, 11) is 0. The first-order valence-corrected chi connectivity index (χ1v) is 11.8. The fraction of sp³-hybridized carbons (Fsp3) is 1.00. The Morgan fingerprint density at radius 3 is 0.556 bits per heavy atom. The highest BCUT2D eigenvalue weighted by Crippen LogP contribution is 2.34. The Hall–Kier alpha value is 2.88. The van der Waals surface area contributed by atoms with Crippen molar-refractivity contribution in [3.05, 3.63) is 0 Å². The molecule has 108 valence electrons. The lowest BCUT2D eigenvalue weighted by molar-refractivity contribution is 0.557. The van der Waals surface area contributed by atoms with Crippen molar-refractivity contribution >= 4 is 95.6 Å². The van der Waals surface area contributed by atoms with Gasteiger partial charge in [-0.2, -0.15) is 0 Å². The molecule has 18 heavy (non-hydrogen) atoms. The summed E-state index contributed by atoms with van der Waals surface area (Å²) in [5.74, 6) is 0. The minimum Gasteiger partial charge on any atom is -0.0879 e. The first-order chi connectivity index (χ1) is 8.41. The lowest BCUT2D eigenvalue weighted by atomic mass is 10.0. The molecule has 1 aliphatic rings. The van der Waals surface area contributed by atoms with Gasteiger partial charge in [0.1, 0.15) is 0 Å². The summed E-state index contributed by atoms with van der Waals surface area (Å²) in [5.41, 5.74) is 0. The number of hydrogen-bond acceptors (Lipinski definition) is 0. The van der Waals surface area contributed by atoms with Gasteiger partial charge in [0, 0.05) is 29.0 Å². The highest BCUT2D eigenvalue weighted by Gasteiger charge is 2.25. The molecule has 0 aromatic rings. The van der Waals surface area contributed by atoms with Gasteiger partial charge in [0.25, 0.3) is 0 Å². The summed E-state index contributed by atoms with van der Waals surface area (Å²) in [4.78, 5) is 3.36. The fourth-order valence-electron chi connectivity index (χ4n) is 2.04. The summed E-state index contributed by atoms with van der Waals surface area (Å²) >= 11 is 22.9. The Bertz CT molecular complexity index is 175. The average molecular weight is 642 g/mol. The molecule has 1 aliphatic carbocycles. The lowest BCUT2D eigenvalue weighted by Gasteiger charge is -2.25. The van der Waals surface area contributed by atoms with E-state index in [1.54, 1.807) is 0 Å². The smallest absolute Gasteiger partial charge is 0.0271 e. The van der Waals surface area contributed by atoms with Crippen LogP contribution in [-0.4, -0.2) is 29.0 Å². The van der Waals surface area contributed by atoms with Crippen LogP contribution in [0.5, 0.6) is 0 Å². The van der Waals surface area contributed by atoms with Crippen molar-refractivity contribution in [2.45, 2.75) is 67.5 Å². The van der Waals surface area contributed by atoms with Crippen LogP contribution in [0.2, 0.25) is 0 Å². The van der Waals surface area contributed by atoms with Crippen LogP contribution in [0, 0.1) is 0 Å². The van der Waals surface area contributed by atoms with E-state index in [1.165, 1.54) is 38.5 Å². The SMILES string of the molecule is Br[C@@H]1CC[C@H](Br)[C@@H](Br)CC[C@H](Br)[C@H](Br)CC[C@@H]1Br. The van der Waals surface area contributed by atoms with E-state index in [1.807, 2.05) is 0 Å². The van der Waals surface area contributed by atoms with Gasteiger partial charge in [0.2, 0.25) is 0 Å². The van der Waals surface area contributed by atoms with Crippen molar-refractivity contribution in [2.75, 3.05) is 0 Å². The second-order valence-electron chi connectivity index (χ2n) is 4.83. The number of alkyl halides is 6. The van der Waals surface area contributed by atoms with Crippen molar-refractivity contribution < 1.29 is 0 Å². The van der Waals surface area contributed by atoms with Crippen LogP contribution in [0.1, 0.15) is 38.5 Å². The monoisotopic (exact) mass is 636 g/mol. The summed E-state index contributed by atoms with van der Waals surface area (Å²) in [6.45, 7) is 0. The van der Waals surface area contributed by atoms with Crippen LogP contribution in [0.25, 0.3) is 0 Å². The average Bonchev–Trinajstić information content (AvgIpc) is 2.36. The third kappa shape index (κ3) is 6.76. The second-order valence-corrected chi connectivity index (χ2v) is 11.9. The molecule has 0 N–H and O–H groups in total. The molecule has 0 aromatic heterocycles. The van der Waals surface area contributed by atoms with E-state index in [-0.39, 0.29) is 0 Å². The molecule has 6 heteroatoms. The molecule has 0 saturated heterocycles. The quantitative estimate of drug-likeness (QED) is 0.252. The van der Waals surface area contributed by atoms with Gasteiger partial charge in [-0.1, -0.05) is 95.6 Å². The molecule has 6 atom stereocenters. The maximum atomic E-state index is 3.82. The molecule has 0 radical (unpaired) electrons. The molecule has 0 bridgehead atoms. The minimum absolute atomic E-state index is 0.560. The van der Waals surface area contributed by atoms with Crippen LogP contribution in [0.3, 0.4) is 0 Å². The highest BCUT2D eigenvalue weighted by atomic mass is 79.9. The van der Waals surface area contributed by atoms with E-state index >= 15 is 0 Å². The molecule has 0 aliphatic heterocycles. The molecular weight excluding hydrogens is 624 g/mol. The van der Waals surface area contributed by atoms with Gasteiger partial charge in [-0.25, -0.2) is 0 Å². The van der Waals surface area contributed by atoms with Crippen LogP contribution in [-0.2, 0) is 0 Å². The maximum absolute atomic E-state index is 3.82. The molecular formula is C12H18Br6. The van der Waals surface area contributed by atoms with Gasteiger partial charge in [0.05, 0.1) is 0 Å². The minimum atomic E-state index is 0.560.